The predicted octanol–water partition coefficient (Wildman–Crippen LogP) is -2.07. The van der Waals surface area contributed by atoms with Gasteiger partial charge in [0.25, 0.3) is 0 Å². The Bertz CT molecular complexity index is 98.9. The van der Waals surface area contributed by atoms with Gasteiger partial charge in [0, 0.05) is 0 Å². The van der Waals surface area contributed by atoms with Crippen LogP contribution in [0.2, 0.25) is 39.3 Å². The van der Waals surface area contributed by atoms with Gasteiger partial charge >= 0.3 is 30.4 Å². The monoisotopic (exact) mass is 264 g/mol. The van der Waals surface area contributed by atoms with Crippen molar-refractivity contribution in [2.45, 2.75) is 39.3 Å². The van der Waals surface area contributed by atoms with Crippen LogP contribution in [0.3, 0.4) is 0 Å². The van der Waals surface area contributed by atoms with E-state index in [2.05, 4.69) is 0 Å². The molecule has 0 radical (unpaired) electrons. The van der Waals surface area contributed by atoms with E-state index in [9.17, 15) is 9.59 Å². The summed E-state index contributed by atoms with van der Waals surface area (Å²) in [6, 6.07) is 0. The fourth-order valence-corrected chi connectivity index (χ4v) is 0. The smallest absolute Gasteiger partial charge is 0.859 e. The molecule has 0 atom stereocenters. The summed E-state index contributed by atoms with van der Waals surface area (Å²) < 4.78 is 0. The Hall–Kier alpha value is 1.06. The van der Waals surface area contributed by atoms with E-state index < -0.39 is 24.0 Å². The third kappa shape index (κ3) is 2270. The van der Waals surface area contributed by atoms with E-state index in [0.29, 0.717) is 0 Å². The molecule has 0 spiro atoms. The van der Waals surface area contributed by atoms with Crippen LogP contribution in [0.5, 0.6) is 0 Å². The number of rotatable bonds is 0. The van der Waals surface area contributed by atoms with Crippen molar-refractivity contribution in [3.05, 3.63) is 0 Å². The van der Waals surface area contributed by atoms with E-state index in [4.69, 9.17) is 15.1 Å². The van der Waals surface area contributed by atoms with Crippen LogP contribution in [-0.2, 0) is 0 Å². The quantitative estimate of drug-likeness (QED) is 0.436. The van der Waals surface area contributed by atoms with E-state index in [-0.39, 0.29) is 23.1 Å². The third-order valence-electron chi connectivity index (χ3n) is 0. The molecule has 0 rings (SSSR count). The van der Waals surface area contributed by atoms with E-state index in [1.165, 1.54) is 0 Å². The second kappa shape index (κ2) is 11.5. The standard InChI is InChI=1S/2C3H9OSi.BH3O3.Mg/c2*1-5(2,3)4;2-1(3)4;/h2*1-3H3;2-4H;/q2*-1;;+2. The molecule has 0 aromatic rings. The average molecular weight is 265 g/mol. The largest absolute Gasteiger partial charge is 2.00 e. The molecule has 3 N–H and O–H groups in total. The molecule has 0 bridgehead atoms. The van der Waals surface area contributed by atoms with Gasteiger partial charge in [-0.15, -0.1) is 0 Å². The Morgan fingerprint density at radius 1 is 0.733 bits per heavy atom. The van der Waals surface area contributed by atoms with Gasteiger partial charge in [0.05, 0.1) is 0 Å². The van der Waals surface area contributed by atoms with Gasteiger partial charge in [-0.2, -0.15) is 0 Å². The summed E-state index contributed by atoms with van der Waals surface area (Å²) in [6.45, 7) is 10.6. The third-order valence-corrected chi connectivity index (χ3v) is 0. The van der Waals surface area contributed by atoms with Crippen LogP contribution in [0.1, 0.15) is 0 Å². The second-order valence-corrected chi connectivity index (χ2v) is 13.0. The molecule has 0 saturated carbocycles. The van der Waals surface area contributed by atoms with Crippen molar-refractivity contribution < 1.29 is 24.7 Å². The van der Waals surface area contributed by atoms with E-state index in [1.54, 1.807) is 39.3 Å². The Morgan fingerprint density at radius 3 is 0.733 bits per heavy atom. The van der Waals surface area contributed by atoms with Crippen molar-refractivity contribution in [2.24, 2.45) is 0 Å². The predicted molar refractivity (Wildman–Crippen MR) is 64.9 cm³/mol. The summed E-state index contributed by atoms with van der Waals surface area (Å²) in [4.78, 5) is 20.5. The van der Waals surface area contributed by atoms with Gasteiger partial charge in [-0.05, 0) is 0 Å². The van der Waals surface area contributed by atoms with Gasteiger partial charge in [-0.3, -0.25) is 0 Å². The molecule has 5 nitrogen and oxygen atoms in total. The Balaban J connectivity index is -0.0000000590. The van der Waals surface area contributed by atoms with E-state index in [1.807, 2.05) is 0 Å². The van der Waals surface area contributed by atoms with Gasteiger partial charge in [0.15, 0.2) is 0 Å². The second-order valence-electron chi connectivity index (χ2n) is 4.57. The molecule has 0 saturated heterocycles. The number of hydrogen-bond acceptors (Lipinski definition) is 5. The number of hydrogen-bond donors (Lipinski definition) is 3. The van der Waals surface area contributed by atoms with Crippen molar-refractivity contribution in [1.82, 2.24) is 0 Å². The zero-order valence-electron chi connectivity index (χ0n) is 10.4. The molecule has 0 unspecified atom stereocenters. The molecule has 0 aromatic heterocycles. The van der Waals surface area contributed by atoms with Crippen molar-refractivity contribution in [3.8, 4) is 0 Å². The normalized spacial score (nSPS) is 9.80. The summed E-state index contributed by atoms with van der Waals surface area (Å²) in [5.74, 6) is 0. The first kappa shape index (κ1) is 25.0. The van der Waals surface area contributed by atoms with Gasteiger partial charge in [0.1, 0.15) is 0 Å². The topological polar surface area (TPSA) is 107 Å². The Kier molecular flexibility index (Phi) is 19.3. The van der Waals surface area contributed by atoms with Crippen molar-refractivity contribution >= 4 is 47.0 Å². The minimum absolute atomic E-state index is 0. The van der Waals surface area contributed by atoms with Crippen molar-refractivity contribution in [1.29, 1.82) is 0 Å². The summed E-state index contributed by atoms with van der Waals surface area (Å²) in [7, 11) is -5.89. The zero-order valence-corrected chi connectivity index (χ0v) is 13.9. The summed E-state index contributed by atoms with van der Waals surface area (Å²) in [5.41, 5.74) is 0. The molecular formula is C6H21BMgO5Si2. The van der Waals surface area contributed by atoms with Crippen LogP contribution in [0, 0.1) is 0 Å². The molecule has 0 amide bonds. The SMILES string of the molecule is C[Si](C)(C)[O-].C[Si](C)(C)[O-].OB(O)O.[Mg+2]. The molecule has 0 aliphatic rings. The zero-order chi connectivity index (χ0) is 12.6. The first-order valence-corrected chi connectivity index (χ1v) is 11.0. The molecule has 0 heterocycles. The Morgan fingerprint density at radius 2 is 0.733 bits per heavy atom. The van der Waals surface area contributed by atoms with Crippen LogP contribution in [0.4, 0.5) is 0 Å². The molecule has 15 heavy (non-hydrogen) atoms. The summed E-state index contributed by atoms with van der Waals surface area (Å²) >= 11 is 0. The maximum Gasteiger partial charge on any atom is 2.00 e. The van der Waals surface area contributed by atoms with E-state index >= 15 is 0 Å². The van der Waals surface area contributed by atoms with Crippen molar-refractivity contribution in [3.63, 3.8) is 0 Å². The van der Waals surface area contributed by atoms with Crippen LogP contribution in [0.15, 0.2) is 0 Å². The molecule has 0 aliphatic heterocycles. The molecule has 0 aromatic carbocycles. The summed E-state index contributed by atoms with van der Waals surface area (Å²) in [6.07, 6.45) is 0. The van der Waals surface area contributed by atoms with Crippen LogP contribution in [0.25, 0.3) is 0 Å². The summed E-state index contributed by atoms with van der Waals surface area (Å²) in [5, 5.41) is 21.5. The molecule has 0 aliphatic carbocycles. The maximum absolute atomic E-state index is 10.2. The maximum atomic E-state index is 10.2. The fraction of sp³-hybridized carbons (Fsp3) is 1.00. The van der Waals surface area contributed by atoms with Gasteiger partial charge in [-0.1, -0.05) is 55.9 Å². The first-order chi connectivity index (χ1) is 5.73. The van der Waals surface area contributed by atoms with Gasteiger partial charge in [-0.25, -0.2) is 0 Å². The fourth-order valence-electron chi connectivity index (χ4n) is 0. The average Bonchev–Trinajstić information content (AvgIpc) is 1.45. The first-order valence-electron chi connectivity index (χ1n) is 4.18. The van der Waals surface area contributed by atoms with Gasteiger partial charge < -0.3 is 24.7 Å². The molecular weight excluding hydrogens is 243 g/mol. The minimum atomic E-state index is -2.17. The van der Waals surface area contributed by atoms with Crippen molar-refractivity contribution in [2.75, 3.05) is 0 Å². The molecule has 88 valence electrons. The van der Waals surface area contributed by atoms with E-state index in [0.717, 1.165) is 0 Å². The molecule has 9 heteroatoms. The Labute approximate surface area is 111 Å². The molecule has 0 fully saturated rings. The van der Waals surface area contributed by atoms with Crippen LogP contribution < -0.4 is 9.59 Å². The van der Waals surface area contributed by atoms with Gasteiger partial charge in [0.2, 0.25) is 0 Å². The van der Waals surface area contributed by atoms with Crippen LogP contribution in [-0.4, -0.2) is 62.1 Å². The van der Waals surface area contributed by atoms with Crippen LogP contribution >= 0.6 is 0 Å². The minimum Gasteiger partial charge on any atom is -0.859 e.